The van der Waals surface area contributed by atoms with E-state index in [0.717, 1.165) is 43.6 Å². The molecule has 1 fully saturated rings. The second-order valence-electron chi connectivity index (χ2n) is 5.53. The topological polar surface area (TPSA) is 49.8 Å². The van der Waals surface area contributed by atoms with Crippen LogP contribution in [0.15, 0.2) is 6.07 Å². The summed E-state index contributed by atoms with van der Waals surface area (Å²) in [6, 6.07) is 2.07. The van der Waals surface area contributed by atoms with Crippen LogP contribution < -0.4 is 0 Å². The summed E-state index contributed by atoms with van der Waals surface area (Å²) >= 11 is 1.62. The summed E-state index contributed by atoms with van der Waals surface area (Å²) in [5.41, 5.74) is 1.31. The van der Waals surface area contributed by atoms with Crippen molar-refractivity contribution in [1.29, 1.82) is 0 Å². The highest BCUT2D eigenvalue weighted by atomic mass is 32.1. The highest BCUT2D eigenvalue weighted by Crippen LogP contribution is 2.25. The standard InChI is InChI=1S/C16H25NO3S/c1-3-4-13-11-15(21-12(13)2)16(19)17-7-5-14(6-8-17)20-10-9-18/h11,14,18H,3-10H2,1-2H3. The monoisotopic (exact) mass is 311 g/mol. The number of ether oxygens (including phenoxy) is 1. The lowest BCUT2D eigenvalue weighted by atomic mass is 10.1. The van der Waals surface area contributed by atoms with Crippen molar-refractivity contribution in [2.45, 2.75) is 45.6 Å². The van der Waals surface area contributed by atoms with Crippen LogP contribution in [0.4, 0.5) is 0 Å². The fourth-order valence-corrected chi connectivity index (χ4v) is 3.78. The number of piperidine rings is 1. The second-order valence-corrected chi connectivity index (χ2v) is 6.78. The quantitative estimate of drug-likeness (QED) is 0.878. The number of hydrogen-bond acceptors (Lipinski definition) is 4. The number of amides is 1. The van der Waals surface area contributed by atoms with Crippen LogP contribution in [-0.4, -0.2) is 48.3 Å². The predicted octanol–water partition coefficient (Wildman–Crippen LogP) is 2.62. The number of carbonyl (C=O) groups is 1. The Morgan fingerprint density at radius 1 is 1.48 bits per heavy atom. The average molecular weight is 311 g/mol. The highest BCUT2D eigenvalue weighted by Gasteiger charge is 2.25. The van der Waals surface area contributed by atoms with E-state index in [9.17, 15) is 4.79 Å². The minimum absolute atomic E-state index is 0.0633. The molecular formula is C16H25NO3S. The first-order valence-corrected chi connectivity index (χ1v) is 8.58. The predicted molar refractivity (Wildman–Crippen MR) is 85.0 cm³/mol. The maximum Gasteiger partial charge on any atom is 0.263 e. The second kappa shape index (κ2) is 7.92. The van der Waals surface area contributed by atoms with Gasteiger partial charge in [-0.15, -0.1) is 11.3 Å². The maximum atomic E-state index is 12.5. The number of rotatable bonds is 6. The number of hydrogen-bond donors (Lipinski definition) is 1. The van der Waals surface area contributed by atoms with Crippen molar-refractivity contribution < 1.29 is 14.6 Å². The lowest BCUT2D eigenvalue weighted by molar-refractivity contribution is -0.00545. The van der Waals surface area contributed by atoms with Gasteiger partial charge in [-0.25, -0.2) is 0 Å². The van der Waals surface area contributed by atoms with Crippen molar-refractivity contribution in [1.82, 2.24) is 4.90 Å². The van der Waals surface area contributed by atoms with Crippen molar-refractivity contribution in [3.63, 3.8) is 0 Å². The molecule has 0 saturated carbocycles. The SMILES string of the molecule is CCCc1cc(C(=O)N2CCC(OCCO)CC2)sc1C. The lowest BCUT2D eigenvalue weighted by Crippen LogP contribution is -2.40. The van der Waals surface area contributed by atoms with Gasteiger partial charge in [0.1, 0.15) is 0 Å². The van der Waals surface area contributed by atoms with Gasteiger partial charge < -0.3 is 14.7 Å². The van der Waals surface area contributed by atoms with Gasteiger partial charge in [0.15, 0.2) is 0 Å². The summed E-state index contributed by atoms with van der Waals surface area (Å²) < 4.78 is 5.54. The van der Waals surface area contributed by atoms with Crippen LogP contribution in [0.3, 0.4) is 0 Å². The van der Waals surface area contributed by atoms with E-state index in [1.54, 1.807) is 11.3 Å². The summed E-state index contributed by atoms with van der Waals surface area (Å²) in [5.74, 6) is 0.158. The first-order chi connectivity index (χ1) is 10.2. The Hall–Kier alpha value is -0.910. The lowest BCUT2D eigenvalue weighted by Gasteiger charge is -2.31. The molecule has 1 saturated heterocycles. The Kier molecular flexibility index (Phi) is 6.21. The van der Waals surface area contributed by atoms with E-state index >= 15 is 0 Å². The molecular weight excluding hydrogens is 286 g/mol. The smallest absolute Gasteiger partial charge is 0.263 e. The third kappa shape index (κ3) is 4.28. The van der Waals surface area contributed by atoms with E-state index in [1.165, 1.54) is 10.4 Å². The van der Waals surface area contributed by atoms with Gasteiger partial charge >= 0.3 is 0 Å². The largest absolute Gasteiger partial charge is 0.394 e. The van der Waals surface area contributed by atoms with E-state index in [1.807, 2.05) is 4.90 Å². The van der Waals surface area contributed by atoms with Crippen LogP contribution >= 0.6 is 11.3 Å². The molecule has 21 heavy (non-hydrogen) atoms. The Balaban J connectivity index is 1.91. The van der Waals surface area contributed by atoms with E-state index < -0.39 is 0 Å². The molecule has 0 spiro atoms. The molecule has 1 N–H and O–H groups in total. The number of carbonyl (C=O) groups excluding carboxylic acids is 1. The third-order valence-electron chi connectivity index (χ3n) is 3.92. The molecule has 118 valence electrons. The molecule has 0 atom stereocenters. The Bertz CT molecular complexity index is 464. The van der Waals surface area contributed by atoms with Crippen LogP contribution in [0.2, 0.25) is 0 Å². The Morgan fingerprint density at radius 2 is 2.19 bits per heavy atom. The van der Waals surface area contributed by atoms with Gasteiger partial charge in [-0.05, 0) is 37.8 Å². The molecule has 1 aliphatic heterocycles. The summed E-state index contributed by atoms with van der Waals surface area (Å²) in [5, 5.41) is 8.77. The molecule has 2 rings (SSSR count). The average Bonchev–Trinajstić information content (AvgIpc) is 2.86. The fraction of sp³-hybridized carbons (Fsp3) is 0.688. The van der Waals surface area contributed by atoms with Gasteiger partial charge in [0.05, 0.1) is 24.2 Å². The van der Waals surface area contributed by atoms with Crippen LogP contribution in [-0.2, 0) is 11.2 Å². The zero-order valence-electron chi connectivity index (χ0n) is 12.9. The number of likely N-dealkylation sites (tertiary alicyclic amines) is 1. The van der Waals surface area contributed by atoms with Crippen molar-refractivity contribution in [3.8, 4) is 0 Å². The van der Waals surface area contributed by atoms with Crippen molar-refractivity contribution in [2.24, 2.45) is 0 Å². The van der Waals surface area contributed by atoms with Gasteiger partial charge in [-0.1, -0.05) is 13.3 Å². The fourth-order valence-electron chi connectivity index (χ4n) is 2.74. The molecule has 1 aliphatic rings. The number of aryl methyl sites for hydroxylation is 2. The summed E-state index contributed by atoms with van der Waals surface area (Å²) in [6.07, 6.45) is 4.06. The van der Waals surface area contributed by atoms with Crippen molar-refractivity contribution >= 4 is 17.2 Å². The van der Waals surface area contributed by atoms with Crippen molar-refractivity contribution in [3.05, 3.63) is 21.4 Å². The van der Waals surface area contributed by atoms with E-state index in [2.05, 4.69) is 19.9 Å². The molecule has 1 aromatic rings. The number of aliphatic hydroxyl groups excluding tert-OH is 1. The molecule has 0 aromatic carbocycles. The molecule has 0 aliphatic carbocycles. The van der Waals surface area contributed by atoms with Crippen molar-refractivity contribution in [2.75, 3.05) is 26.3 Å². The third-order valence-corrected chi connectivity index (χ3v) is 5.01. The number of thiophene rings is 1. The van der Waals surface area contributed by atoms with Gasteiger partial charge in [-0.3, -0.25) is 4.79 Å². The molecule has 4 nitrogen and oxygen atoms in total. The summed E-state index contributed by atoms with van der Waals surface area (Å²) in [4.78, 5) is 16.6. The Morgan fingerprint density at radius 3 is 2.81 bits per heavy atom. The molecule has 0 radical (unpaired) electrons. The van der Waals surface area contributed by atoms with Gasteiger partial charge in [0, 0.05) is 18.0 Å². The molecule has 0 unspecified atom stereocenters. The van der Waals surface area contributed by atoms with Gasteiger partial charge in [0.25, 0.3) is 5.91 Å². The minimum Gasteiger partial charge on any atom is -0.394 e. The number of aliphatic hydroxyl groups is 1. The molecule has 5 heteroatoms. The normalized spacial score (nSPS) is 16.4. The molecule has 0 bridgehead atoms. The Labute approximate surface area is 130 Å². The molecule has 1 aromatic heterocycles. The van der Waals surface area contributed by atoms with E-state index in [-0.39, 0.29) is 18.6 Å². The molecule has 1 amide bonds. The van der Waals surface area contributed by atoms with Crippen LogP contribution in [0.1, 0.15) is 46.3 Å². The zero-order valence-corrected chi connectivity index (χ0v) is 13.7. The number of nitrogens with zero attached hydrogens (tertiary/aromatic N) is 1. The minimum atomic E-state index is 0.0633. The van der Waals surface area contributed by atoms with E-state index in [0.29, 0.717) is 6.61 Å². The van der Waals surface area contributed by atoms with Gasteiger partial charge in [-0.2, -0.15) is 0 Å². The first kappa shape index (κ1) is 16.5. The van der Waals surface area contributed by atoms with E-state index in [4.69, 9.17) is 9.84 Å². The summed E-state index contributed by atoms with van der Waals surface area (Å²) in [6.45, 7) is 6.21. The van der Waals surface area contributed by atoms with Gasteiger partial charge in [0.2, 0.25) is 0 Å². The van der Waals surface area contributed by atoms with Crippen LogP contribution in [0.25, 0.3) is 0 Å². The first-order valence-electron chi connectivity index (χ1n) is 7.76. The highest BCUT2D eigenvalue weighted by molar-refractivity contribution is 7.14. The van der Waals surface area contributed by atoms with Crippen LogP contribution in [0, 0.1) is 6.92 Å². The van der Waals surface area contributed by atoms with Crippen LogP contribution in [0.5, 0.6) is 0 Å². The maximum absolute atomic E-state index is 12.5. The zero-order chi connectivity index (χ0) is 15.2. The summed E-state index contributed by atoms with van der Waals surface area (Å²) in [7, 11) is 0. The molecule has 2 heterocycles.